The minimum Gasteiger partial charge on any atom is -0.504 e. The number of ether oxygens (including phenoxy) is 3. The highest BCUT2D eigenvalue weighted by molar-refractivity contribution is 5.71. The van der Waals surface area contributed by atoms with Gasteiger partial charge < -0.3 is 34.8 Å². The van der Waals surface area contributed by atoms with Gasteiger partial charge in [0.05, 0.1) is 24.7 Å². The molecule has 1 aromatic rings. The summed E-state index contributed by atoms with van der Waals surface area (Å²) in [4.78, 5) is 24.7. The second-order valence-electron chi connectivity index (χ2n) is 10.8. The zero-order valence-electron chi connectivity index (χ0n) is 22.9. The first-order valence-corrected chi connectivity index (χ1v) is 12.5. The summed E-state index contributed by atoms with van der Waals surface area (Å²) < 4.78 is 16.1. The van der Waals surface area contributed by atoms with Crippen LogP contribution in [-0.4, -0.2) is 65.5 Å². The average Bonchev–Trinajstić information content (AvgIpc) is 2.76. The number of rotatable bonds is 14. The van der Waals surface area contributed by atoms with Gasteiger partial charge in [0.25, 0.3) is 0 Å². The number of carboxylic acid groups (broad SMARTS) is 1. The van der Waals surface area contributed by atoms with Crippen LogP contribution >= 0.6 is 0 Å². The van der Waals surface area contributed by atoms with Crippen LogP contribution in [0.5, 0.6) is 11.5 Å². The molecule has 0 bridgehead atoms. The first-order valence-electron chi connectivity index (χ1n) is 12.5. The molecule has 0 heterocycles. The first-order chi connectivity index (χ1) is 16.7. The van der Waals surface area contributed by atoms with E-state index in [1.54, 1.807) is 40.0 Å². The molecule has 9 nitrogen and oxygen atoms in total. The highest BCUT2D eigenvalue weighted by atomic mass is 16.6. The summed E-state index contributed by atoms with van der Waals surface area (Å²) >= 11 is 0. The number of carbonyl (C=O) groups excluding carboxylic acids is 1. The van der Waals surface area contributed by atoms with Crippen molar-refractivity contribution in [3.8, 4) is 11.5 Å². The summed E-state index contributed by atoms with van der Waals surface area (Å²) in [5, 5.41) is 34.5. The predicted molar refractivity (Wildman–Crippen MR) is 137 cm³/mol. The van der Waals surface area contributed by atoms with Crippen LogP contribution in [0.4, 0.5) is 4.79 Å². The van der Waals surface area contributed by atoms with Crippen molar-refractivity contribution in [2.24, 2.45) is 17.8 Å². The van der Waals surface area contributed by atoms with Crippen LogP contribution in [0.2, 0.25) is 0 Å². The maximum Gasteiger partial charge on any atom is 0.407 e. The van der Waals surface area contributed by atoms with Crippen molar-refractivity contribution >= 4 is 12.1 Å². The largest absolute Gasteiger partial charge is 0.504 e. The Morgan fingerprint density at radius 2 is 1.72 bits per heavy atom. The van der Waals surface area contributed by atoms with E-state index in [1.165, 1.54) is 13.0 Å². The van der Waals surface area contributed by atoms with Crippen molar-refractivity contribution in [1.29, 1.82) is 0 Å². The van der Waals surface area contributed by atoms with E-state index in [4.69, 9.17) is 14.2 Å². The molecular weight excluding hydrogens is 466 g/mol. The second-order valence-corrected chi connectivity index (χ2v) is 10.8. The fourth-order valence-electron chi connectivity index (χ4n) is 3.84. The quantitative estimate of drug-likeness (QED) is 0.267. The number of benzene rings is 1. The monoisotopic (exact) mass is 511 g/mol. The van der Waals surface area contributed by atoms with Crippen LogP contribution in [0.15, 0.2) is 18.2 Å². The Bertz CT molecular complexity index is 836. The third-order valence-electron chi connectivity index (χ3n) is 6.29. The number of carboxylic acids is 1. The van der Waals surface area contributed by atoms with Gasteiger partial charge in [-0.3, -0.25) is 4.79 Å². The van der Waals surface area contributed by atoms with Gasteiger partial charge in [-0.15, -0.1) is 0 Å². The summed E-state index contributed by atoms with van der Waals surface area (Å²) in [6.07, 6.45) is -0.917. The lowest BCUT2D eigenvalue weighted by Gasteiger charge is -2.35. The van der Waals surface area contributed by atoms with E-state index in [0.29, 0.717) is 31.6 Å². The fourth-order valence-corrected chi connectivity index (χ4v) is 3.84. The van der Waals surface area contributed by atoms with E-state index in [-0.39, 0.29) is 23.3 Å². The number of carbonyl (C=O) groups is 2. The van der Waals surface area contributed by atoms with Gasteiger partial charge in [-0.25, -0.2) is 4.79 Å². The molecule has 1 amide bonds. The van der Waals surface area contributed by atoms with Crippen molar-refractivity contribution in [3.05, 3.63) is 23.8 Å². The molecular formula is C27H45NO8. The van der Waals surface area contributed by atoms with Crippen LogP contribution in [0.1, 0.15) is 72.8 Å². The molecule has 36 heavy (non-hydrogen) atoms. The highest BCUT2D eigenvalue weighted by Gasteiger charge is 2.38. The Labute approximate surface area is 215 Å². The topological polar surface area (TPSA) is 135 Å². The minimum atomic E-state index is -1.25. The van der Waals surface area contributed by atoms with Crippen LogP contribution < -0.4 is 10.1 Å². The van der Waals surface area contributed by atoms with E-state index in [2.05, 4.69) is 5.32 Å². The maximum atomic E-state index is 12.6. The lowest BCUT2D eigenvalue weighted by molar-refractivity contribution is -0.143. The third-order valence-corrected chi connectivity index (χ3v) is 6.29. The number of hydrogen-bond acceptors (Lipinski definition) is 7. The fraction of sp³-hybridized carbons (Fsp3) is 0.704. The molecule has 0 fully saturated rings. The Morgan fingerprint density at radius 3 is 2.25 bits per heavy atom. The number of methoxy groups -OCH3 is 1. The zero-order chi connectivity index (χ0) is 27.6. The molecule has 5 atom stereocenters. The number of phenolic OH excluding ortho intramolecular Hbond substituents is 1. The second kappa shape index (κ2) is 14.3. The number of nitrogens with one attached hydrogen (secondary N) is 1. The van der Waals surface area contributed by atoms with Gasteiger partial charge in [0.1, 0.15) is 5.60 Å². The van der Waals surface area contributed by atoms with Gasteiger partial charge in [0.2, 0.25) is 0 Å². The summed E-state index contributed by atoms with van der Waals surface area (Å²) in [6.45, 7) is 13.6. The average molecular weight is 512 g/mol. The number of aliphatic hydroxyl groups is 1. The summed E-state index contributed by atoms with van der Waals surface area (Å²) in [5.41, 5.74) is -0.256. The Morgan fingerprint density at radius 1 is 1.08 bits per heavy atom. The van der Waals surface area contributed by atoms with E-state index in [1.807, 2.05) is 20.8 Å². The number of alkyl carbamates (subject to hydrolysis) is 1. The minimum absolute atomic E-state index is 0.0933. The maximum absolute atomic E-state index is 12.6. The number of aliphatic hydroxyl groups excluding tert-OH is 1. The third kappa shape index (κ3) is 10.2. The number of phenols is 1. The summed E-state index contributed by atoms with van der Waals surface area (Å²) in [6, 6.07) is 3.76. The number of hydrogen-bond donors (Lipinski definition) is 4. The van der Waals surface area contributed by atoms with Gasteiger partial charge in [-0.05, 0) is 56.7 Å². The first kappa shape index (κ1) is 31.5. The van der Waals surface area contributed by atoms with Crippen molar-refractivity contribution in [1.82, 2.24) is 5.32 Å². The Kier molecular flexibility index (Phi) is 12.5. The van der Waals surface area contributed by atoms with Gasteiger partial charge in [0, 0.05) is 26.1 Å². The molecule has 4 N–H and O–H groups in total. The molecule has 0 saturated heterocycles. The standard InChI is InChI=1S/C27H45NO8/c1-16(2)17(3)14-20(28-26(33)36-27(5,6)7)24(30)23(18(4)25(31)32)19-10-11-21(29)22(15-19)35-13-9-12-34-8/h10-11,15-18,20,23-24,29-30H,9,12-14H2,1-8H3,(H,28,33)(H,31,32). The molecule has 0 radical (unpaired) electrons. The van der Waals surface area contributed by atoms with Gasteiger partial charge in [0.15, 0.2) is 11.5 Å². The van der Waals surface area contributed by atoms with Crippen LogP contribution in [0.3, 0.4) is 0 Å². The lowest BCUT2D eigenvalue weighted by Crippen LogP contribution is -2.50. The molecule has 5 unspecified atom stereocenters. The molecule has 0 aliphatic heterocycles. The predicted octanol–water partition coefficient (Wildman–Crippen LogP) is 4.55. The van der Waals surface area contributed by atoms with Crippen LogP contribution in [0, 0.1) is 17.8 Å². The van der Waals surface area contributed by atoms with Gasteiger partial charge >= 0.3 is 12.1 Å². The molecule has 0 aliphatic carbocycles. The van der Waals surface area contributed by atoms with Crippen molar-refractivity contribution < 1.29 is 39.1 Å². The normalized spacial score (nSPS) is 16.1. The van der Waals surface area contributed by atoms with E-state index in [0.717, 1.165) is 0 Å². The summed E-state index contributed by atoms with van der Waals surface area (Å²) in [5.74, 6) is -2.50. The van der Waals surface area contributed by atoms with Gasteiger partial charge in [-0.1, -0.05) is 33.8 Å². The van der Waals surface area contributed by atoms with E-state index < -0.39 is 41.6 Å². The van der Waals surface area contributed by atoms with Crippen molar-refractivity contribution in [3.63, 3.8) is 0 Å². The molecule has 0 spiro atoms. The van der Waals surface area contributed by atoms with Crippen LogP contribution in [-0.2, 0) is 14.3 Å². The number of aromatic hydroxyl groups is 1. The van der Waals surface area contributed by atoms with E-state index in [9.17, 15) is 24.9 Å². The Hall–Kier alpha value is -2.52. The van der Waals surface area contributed by atoms with E-state index >= 15 is 0 Å². The zero-order valence-corrected chi connectivity index (χ0v) is 22.9. The molecule has 0 saturated carbocycles. The SMILES string of the molecule is COCCCOc1cc(C(C(C)C(=O)O)C(O)C(CC(C)C(C)C)NC(=O)OC(C)(C)C)ccc1O. The molecule has 206 valence electrons. The number of aliphatic carboxylic acids is 1. The molecule has 0 aliphatic rings. The number of amides is 1. The molecule has 1 rings (SSSR count). The molecule has 0 aromatic heterocycles. The lowest BCUT2D eigenvalue weighted by atomic mass is 9.77. The smallest absolute Gasteiger partial charge is 0.407 e. The Balaban J connectivity index is 3.38. The van der Waals surface area contributed by atoms with Crippen molar-refractivity contribution in [2.75, 3.05) is 20.3 Å². The van der Waals surface area contributed by atoms with Crippen molar-refractivity contribution in [2.45, 2.75) is 85.0 Å². The summed E-state index contributed by atoms with van der Waals surface area (Å²) in [7, 11) is 1.58. The van der Waals surface area contributed by atoms with Gasteiger partial charge in [-0.2, -0.15) is 0 Å². The highest BCUT2D eigenvalue weighted by Crippen LogP contribution is 2.37. The molecule has 9 heteroatoms. The van der Waals surface area contributed by atoms with Crippen LogP contribution in [0.25, 0.3) is 0 Å². The molecule has 1 aromatic carbocycles.